The maximum atomic E-state index is 12.6. The molecule has 116 valence electrons. The first-order chi connectivity index (χ1) is 10.4. The Hall–Kier alpha value is -1.70. The quantitative estimate of drug-likeness (QED) is 0.931. The number of benzene rings is 1. The van der Waals surface area contributed by atoms with E-state index in [9.17, 15) is 18.3 Å². The van der Waals surface area contributed by atoms with E-state index in [0.717, 1.165) is 14.7 Å². The Morgan fingerprint density at radius 3 is 2.59 bits per heavy atom. The Morgan fingerprint density at radius 1 is 1.36 bits per heavy atom. The molecule has 0 saturated carbocycles. The zero-order valence-corrected chi connectivity index (χ0v) is 13.5. The van der Waals surface area contributed by atoms with Crippen molar-refractivity contribution in [1.29, 1.82) is 0 Å². The Morgan fingerprint density at radius 2 is 2.05 bits per heavy atom. The number of aliphatic carboxylic acids is 1. The van der Waals surface area contributed by atoms with E-state index in [4.69, 9.17) is 0 Å². The van der Waals surface area contributed by atoms with Crippen LogP contribution >= 0.6 is 11.3 Å². The maximum Gasteiger partial charge on any atom is 0.322 e. The van der Waals surface area contributed by atoms with Crippen molar-refractivity contribution >= 4 is 27.3 Å². The second-order valence-corrected chi connectivity index (χ2v) is 8.07. The number of thiophene rings is 1. The lowest BCUT2D eigenvalue weighted by Crippen LogP contribution is -2.40. The fraction of sp³-hybridized carbons (Fsp3) is 0.267. The molecular formula is C15H15NO4S2. The van der Waals surface area contributed by atoms with E-state index in [0.29, 0.717) is 4.88 Å². The maximum absolute atomic E-state index is 12.6. The summed E-state index contributed by atoms with van der Waals surface area (Å²) >= 11 is 1.41. The molecular weight excluding hydrogens is 322 g/mol. The van der Waals surface area contributed by atoms with Crippen LogP contribution in [0.3, 0.4) is 0 Å². The van der Waals surface area contributed by atoms with E-state index in [1.165, 1.54) is 11.3 Å². The topological polar surface area (TPSA) is 74.7 Å². The monoisotopic (exact) mass is 337 g/mol. The number of sulfonamides is 1. The summed E-state index contributed by atoms with van der Waals surface area (Å²) < 4.78 is 26.3. The van der Waals surface area contributed by atoms with Crippen LogP contribution in [0.5, 0.6) is 0 Å². The molecule has 0 saturated heterocycles. The van der Waals surface area contributed by atoms with Gasteiger partial charge in [0.05, 0.1) is 11.4 Å². The van der Waals surface area contributed by atoms with Crippen molar-refractivity contribution in [2.45, 2.75) is 30.8 Å². The van der Waals surface area contributed by atoms with Gasteiger partial charge in [-0.2, -0.15) is 4.31 Å². The van der Waals surface area contributed by atoms with E-state index >= 15 is 0 Å². The summed E-state index contributed by atoms with van der Waals surface area (Å²) in [6, 6.07) is 10.2. The molecule has 1 aliphatic heterocycles. The van der Waals surface area contributed by atoms with E-state index < -0.39 is 22.0 Å². The van der Waals surface area contributed by atoms with Crippen molar-refractivity contribution in [3.05, 3.63) is 41.3 Å². The van der Waals surface area contributed by atoms with Gasteiger partial charge in [-0.05, 0) is 18.1 Å². The summed E-state index contributed by atoms with van der Waals surface area (Å²) in [5, 5.41) is 9.21. The number of hydrogen-bond acceptors (Lipinski definition) is 4. The van der Waals surface area contributed by atoms with Crippen molar-refractivity contribution in [2.24, 2.45) is 0 Å². The molecule has 1 aliphatic rings. The zero-order valence-electron chi connectivity index (χ0n) is 11.9. The molecule has 0 radical (unpaired) electrons. The van der Waals surface area contributed by atoms with Crippen LogP contribution in [0.15, 0.2) is 41.3 Å². The number of carboxylic acids is 1. The molecule has 1 unspecified atom stereocenters. The number of rotatable bonds is 4. The standard InChI is InChI=1S/C15H15NO4S2/c1-2-11(15(17)18)16-9-13-14(22(16,19)20)8-12(21-13)10-6-4-3-5-7-10/h3-8,11H,2,9H2,1H3,(H,17,18). The molecule has 1 aromatic carbocycles. The van der Waals surface area contributed by atoms with Crippen LogP contribution in [0.1, 0.15) is 18.2 Å². The molecule has 2 aromatic rings. The zero-order chi connectivity index (χ0) is 15.9. The molecule has 0 aliphatic carbocycles. The average molecular weight is 337 g/mol. The molecule has 1 N–H and O–H groups in total. The van der Waals surface area contributed by atoms with Crippen molar-refractivity contribution < 1.29 is 18.3 Å². The lowest BCUT2D eigenvalue weighted by molar-refractivity contribution is -0.141. The van der Waals surface area contributed by atoms with Crippen LogP contribution in [0.4, 0.5) is 0 Å². The summed E-state index contributed by atoms with van der Waals surface area (Å²) in [7, 11) is -3.73. The van der Waals surface area contributed by atoms with Crippen molar-refractivity contribution in [3.63, 3.8) is 0 Å². The van der Waals surface area contributed by atoms with Gasteiger partial charge in [0.2, 0.25) is 10.0 Å². The van der Waals surface area contributed by atoms with Gasteiger partial charge >= 0.3 is 5.97 Å². The Labute approximate surface area is 132 Å². The first kappa shape index (κ1) is 15.2. The molecule has 0 amide bonds. The molecule has 5 nitrogen and oxygen atoms in total. The third kappa shape index (κ3) is 2.35. The van der Waals surface area contributed by atoms with Gasteiger partial charge in [0.1, 0.15) is 6.04 Å². The molecule has 22 heavy (non-hydrogen) atoms. The first-order valence-electron chi connectivity index (χ1n) is 6.88. The van der Waals surface area contributed by atoms with Gasteiger partial charge in [-0.25, -0.2) is 8.42 Å². The fourth-order valence-electron chi connectivity index (χ4n) is 2.62. The number of hydrogen-bond donors (Lipinski definition) is 1. The highest BCUT2D eigenvalue weighted by Gasteiger charge is 2.42. The van der Waals surface area contributed by atoms with Crippen LogP contribution < -0.4 is 0 Å². The second-order valence-electron chi connectivity index (χ2n) is 5.08. The number of fused-ring (bicyclic) bond motifs is 1. The first-order valence-corrected chi connectivity index (χ1v) is 9.13. The predicted molar refractivity (Wildman–Crippen MR) is 84.2 cm³/mol. The summed E-state index contributed by atoms with van der Waals surface area (Å²) in [4.78, 5) is 13.1. The second kappa shape index (κ2) is 5.49. The van der Waals surface area contributed by atoms with Gasteiger partial charge in [-0.15, -0.1) is 11.3 Å². The fourth-order valence-corrected chi connectivity index (χ4v) is 6.02. The van der Waals surface area contributed by atoms with E-state index in [1.807, 2.05) is 30.3 Å². The molecule has 0 bridgehead atoms. The highest BCUT2D eigenvalue weighted by molar-refractivity contribution is 7.89. The Bertz CT molecular complexity index is 811. The highest BCUT2D eigenvalue weighted by Crippen LogP contribution is 2.41. The SMILES string of the molecule is CCC(C(=O)O)N1Cc2sc(-c3ccccc3)cc2S1(=O)=O. The summed E-state index contributed by atoms with van der Waals surface area (Å²) in [6.45, 7) is 1.82. The largest absolute Gasteiger partial charge is 0.480 e. The summed E-state index contributed by atoms with van der Waals surface area (Å²) in [5.41, 5.74) is 0.967. The van der Waals surface area contributed by atoms with E-state index in [2.05, 4.69) is 0 Å². The lowest BCUT2D eigenvalue weighted by atomic mass is 10.2. The minimum absolute atomic E-state index is 0.139. The molecule has 1 atom stereocenters. The minimum atomic E-state index is -3.73. The van der Waals surface area contributed by atoms with Gasteiger partial charge in [0, 0.05) is 9.75 Å². The molecule has 1 aromatic heterocycles. The molecule has 0 fully saturated rings. The number of carboxylic acid groups (broad SMARTS) is 1. The smallest absolute Gasteiger partial charge is 0.322 e. The Kier molecular flexibility index (Phi) is 3.80. The van der Waals surface area contributed by atoms with Crippen LogP contribution in [-0.4, -0.2) is 29.8 Å². The third-order valence-corrected chi connectivity index (χ3v) is 6.95. The highest BCUT2D eigenvalue weighted by atomic mass is 32.2. The number of nitrogens with zero attached hydrogens (tertiary/aromatic N) is 1. The summed E-state index contributed by atoms with van der Waals surface area (Å²) in [5.74, 6) is -1.11. The van der Waals surface area contributed by atoms with Gasteiger partial charge in [-0.1, -0.05) is 37.3 Å². The van der Waals surface area contributed by atoms with Crippen LogP contribution in [0, 0.1) is 0 Å². The molecule has 0 spiro atoms. The van der Waals surface area contributed by atoms with E-state index in [-0.39, 0.29) is 17.9 Å². The average Bonchev–Trinajstić information content (AvgIpc) is 3.01. The molecule has 3 rings (SSSR count). The van der Waals surface area contributed by atoms with Crippen LogP contribution in [0.25, 0.3) is 10.4 Å². The third-order valence-electron chi connectivity index (χ3n) is 3.73. The molecule has 2 heterocycles. The van der Waals surface area contributed by atoms with Crippen molar-refractivity contribution in [2.75, 3.05) is 0 Å². The van der Waals surface area contributed by atoms with Gasteiger partial charge in [-0.3, -0.25) is 4.79 Å². The predicted octanol–water partition coefficient (Wildman–Crippen LogP) is 2.78. The minimum Gasteiger partial charge on any atom is -0.480 e. The van der Waals surface area contributed by atoms with Gasteiger partial charge in [0.25, 0.3) is 0 Å². The van der Waals surface area contributed by atoms with Crippen molar-refractivity contribution in [1.82, 2.24) is 4.31 Å². The van der Waals surface area contributed by atoms with Gasteiger partial charge in [0.15, 0.2) is 0 Å². The summed E-state index contributed by atoms with van der Waals surface area (Å²) in [6.07, 6.45) is 0.245. The Balaban J connectivity index is 2.00. The van der Waals surface area contributed by atoms with Crippen molar-refractivity contribution in [3.8, 4) is 10.4 Å². The molecule has 7 heteroatoms. The normalized spacial score (nSPS) is 18.0. The van der Waals surface area contributed by atoms with Crippen LogP contribution in [0.2, 0.25) is 0 Å². The van der Waals surface area contributed by atoms with Crippen LogP contribution in [-0.2, 0) is 21.4 Å². The number of carbonyl (C=O) groups is 1. The lowest BCUT2D eigenvalue weighted by Gasteiger charge is -2.21. The van der Waals surface area contributed by atoms with Gasteiger partial charge < -0.3 is 5.11 Å². The van der Waals surface area contributed by atoms with E-state index in [1.54, 1.807) is 13.0 Å².